The Hall–Kier alpha value is 0.390. The fourth-order valence-electron chi connectivity index (χ4n) is 3.48. The van der Waals surface area contributed by atoms with Crippen molar-refractivity contribution >= 4 is 38.5 Å². The number of hydrogen-bond acceptors (Lipinski definition) is 1. The van der Waals surface area contributed by atoms with E-state index in [2.05, 4.69) is 83.6 Å². The van der Waals surface area contributed by atoms with Crippen molar-refractivity contribution in [1.82, 2.24) is 0 Å². The van der Waals surface area contributed by atoms with Gasteiger partial charge in [-0.1, -0.05) is 71.4 Å². The minimum Gasteiger partial charge on any atom is -0.369 e. The van der Waals surface area contributed by atoms with Gasteiger partial charge in [-0.3, -0.25) is 0 Å². The monoisotopic (exact) mass is 450 g/mol. The molecule has 1 saturated carbocycles. The quantitative estimate of drug-likeness (QED) is 0.394. The molecule has 0 bridgehead atoms. The zero-order chi connectivity index (χ0) is 14.8. The van der Waals surface area contributed by atoms with Gasteiger partial charge in [0.2, 0.25) is 0 Å². The normalized spacial score (nSPS) is 27.2. The number of halogens is 2. The molecule has 1 aromatic rings. The van der Waals surface area contributed by atoms with Gasteiger partial charge in [0.25, 0.3) is 0 Å². The molecule has 1 aliphatic rings. The average Bonchev–Trinajstić information content (AvgIpc) is 2.34. The van der Waals surface area contributed by atoms with E-state index in [1.54, 1.807) is 0 Å². The molecule has 3 unspecified atom stereocenters. The number of rotatable bonds is 4. The first-order valence-corrected chi connectivity index (χ1v) is 9.68. The van der Waals surface area contributed by atoms with Crippen LogP contribution in [0.5, 0.6) is 0 Å². The van der Waals surface area contributed by atoms with E-state index < -0.39 is 0 Å². The average molecular weight is 451 g/mol. The van der Waals surface area contributed by atoms with Crippen molar-refractivity contribution in [3.8, 4) is 0 Å². The number of hydrogen-bond donors (Lipinski definition) is 0. The highest BCUT2D eigenvalue weighted by Gasteiger charge is 2.33. The second-order valence-electron chi connectivity index (χ2n) is 6.87. The molecule has 0 aromatic heterocycles. The smallest absolute Gasteiger partial charge is 0.0918 e. The lowest BCUT2D eigenvalue weighted by molar-refractivity contribution is -0.0573. The van der Waals surface area contributed by atoms with Crippen molar-refractivity contribution in [2.45, 2.75) is 52.2 Å². The Morgan fingerprint density at radius 3 is 2.50 bits per heavy atom. The molecule has 1 aliphatic carbocycles. The molecule has 0 aliphatic heterocycles. The molecule has 3 heteroatoms. The summed E-state index contributed by atoms with van der Waals surface area (Å²) in [5.41, 5.74) is 1.70. The first-order valence-electron chi connectivity index (χ1n) is 7.36. The molecule has 0 heterocycles. The van der Waals surface area contributed by atoms with Crippen LogP contribution in [0.4, 0.5) is 0 Å². The maximum absolute atomic E-state index is 6.45. The second-order valence-corrected chi connectivity index (χ2v) is 8.66. The van der Waals surface area contributed by atoms with Crippen molar-refractivity contribution in [3.05, 3.63) is 34.3 Å². The van der Waals surface area contributed by atoms with Crippen LogP contribution in [0.25, 0.3) is 0 Å². The first-order chi connectivity index (χ1) is 9.39. The number of benzene rings is 1. The summed E-state index contributed by atoms with van der Waals surface area (Å²) >= 11 is 5.93. The molecular formula is C17H24BrIO. The maximum atomic E-state index is 6.45. The van der Waals surface area contributed by atoms with Gasteiger partial charge in [0.05, 0.1) is 12.2 Å². The fraction of sp³-hybridized carbons (Fsp3) is 0.647. The van der Waals surface area contributed by atoms with Crippen molar-refractivity contribution in [3.63, 3.8) is 0 Å². The Bertz CT molecular complexity index is 429. The molecule has 20 heavy (non-hydrogen) atoms. The molecular weight excluding hydrogens is 427 g/mol. The summed E-state index contributed by atoms with van der Waals surface area (Å²) in [6.07, 6.45) is 4.32. The minimum atomic E-state index is 0.217. The summed E-state index contributed by atoms with van der Waals surface area (Å²) in [7, 11) is 0. The lowest BCUT2D eigenvalue weighted by atomic mass is 9.71. The Kier molecular flexibility index (Phi) is 5.95. The largest absolute Gasteiger partial charge is 0.369 e. The number of ether oxygens (including phenoxy) is 1. The summed E-state index contributed by atoms with van der Waals surface area (Å²) in [6, 6.07) is 8.55. The van der Waals surface area contributed by atoms with E-state index in [0.29, 0.717) is 11.5 Å². The van der Waals surface area contributed by atoms with Crippen molar-refractivity contribution in [2.24, 2.45) is 11.3 Å². The van der Waals surface area contributed by atoms with Gasteiger partial charge in [0.1, 0.15) is 0 Å². The highest BCUT2D eigenvalue weighted by molar-refractivity contribution is 14.1. The second kappa shape index (κ2) is 7.10. The van der Waals surface area contributed by atoms with E-state index >= 15 is 0 Å². The van der Waals surface area contributed by atoms with E-state index in [-0.39, 0.29) is 6.10 Å². The zero-order valence-corrected chi connectivity index (χ0v) is 16.3. The molecule has 0 saturated heterocycles. The SMILES string of the molecule is CC1CC(OC(CI)c2ccc(Br)cc2)CC(C)(C)C1. The van der Waals surface area contributed by atoms with Crippen LogP contribution in [0.3, 0.4) is 0 Å². The Labute approximate surface area is 145 Å². The molecule has 1 fully saturated rings. The van der Waals surface area contributed by atoms with E-state index in [4.69, 9.17) is 4.74 Å². The molecule has 0 amide bonds. The van der Waals surface area contributed by atoms with Crippen molar-refractivity contribution in [2.75, 3.05) is 4.43 Å². The maximum Gasteiger partial charge on any atom is 0.0918 e. The Morgan fingerprint density at radius 2 is 1.95 bits per heavy atom. The predicted molar refractivity (Wildman–Crippen MR) is 97.4 cm³/mol. The highest BCUT2D eigenvalue weighted by atomic mass is 127. The summed E-state index contributed by atoms with van der Waals surface area (Å²) in [4.78, 5) is 0. The van der Waals surface area contributed by atoms with Crippen LogP contribution < -0.4 is 0 Å². The summed E-state index contributed by atoms with van der Waals surface area (Å²) in [5.74, 6) is 0.767. The highest BCUT2D eigenvalue weighted by Crippen LogP contribution is 2.41. The first kappa shape index (κ1) is 16.8. The van der Waals surface area contributed by atoms with Gasteiger partial charge in [0.15, 0.2) is 0 Å². The van der Waals surface area contributed by atoms with Gasteiger partial charge < -0.3 is 4.74 Å². The minimum absolute atomic E-state index is 0.217. The Morgan fingerprint density at radius 1 is 1.30 bits per heavy atom. The summed E-state index contributed by atoms with van der Waals surface area (Å²) in [6.45, 7) is 7.10. The molecule has 112 valence electrons. The van der Waals surface area contributed by atoms with Crippen molar-refractivity contribution < 1.29 is 4.74 Å². The van der Waals surface area contributed by atoms with Crippen LogP contribution in [0.1, 0.15) is 51.7 Å². The van der Waals surface area contributed by atoms with E-state index in [1.165, 1.54) is 24.8 Å². The lowest BCUT2D eigenvalue weighted by Gasteiger charge is -2.40. The van der Waals surface area contributed by atoms with Gasteiger partial charge in [-0.2, -0.15) is 0 Å². The number of alkyl halides is 1. The zero-order valence-electron chi connectivity index (χ0n) is 12.5. The summed E-state index contributed by atoms with van der Waals surface area (Å²) < 4.78 is 8.58. The van der Waals surface area contributed by atoms with Gasteiger partial charge in [-0.25, -0.2) is 0 Å². The molecule has 3 atom stereocenters. The standard InChI is InChI=1S/C17H24BrIO/c1-12-8-15(10-17(2,3)9-12)20-16(11-19)13-4-6-14(18)7-5-13/h4-7,12,15-16H,8-11H2,1-3H3. The molecule has 0 radical (unpaired) electrons. The third-order valence-electron chi connectivity index (χ3n) is 4.09. The van der Waals surface area contributed by atoms with Crippen molar-refractivity contribution in [1.29, 1.82) is 0 Å². The fourth-order valence-corrected chi connectivity index (χ4v) is 4.46. The van der Waals surface area contributed by atoms with Crippen LogP contribution in [0.2, 0.25) is 0 Å². The van der Waals surface area contributed by atoms with Gasteiger partial charge in [-0.05, 0) is 48.3 Å². The van der Waals surface area contributed by atoms with Gasteiger partial charge in [-0.15, -0.1) is 0 Å². The summed E-state index contributed by atoms with van der Waals surface area (Å²) in [5, 5.41) is 0. The molecule has 1 aromatic carbocycles. The molecule has 0 N–H and O–H groups in total. The van der Waals surface area contributed by atoms with Gasteiger partial charge >= 0.3 is 0 Å². The van der Waals surface area contributed by atoms with E-state index in [0.717, 1.165) is 14.8 Å². The molecule has 1 nitrogen and oxygen atoms in total. The van der Waals surface area contributed by atoms with E-state index in [1.807, 2.05) is 0 Å². The third kappa shape index (κ3) is 4.70. The Balaban J connectivity index is 2.04. The van der Waals surface area contributed by atoms with Crippen LogP contribution >= 0.6 is 38.5 Å². The predicted octanol–water partition coefficient (Wildman–Crippen LogP) is 6.16. The molecule has 2 rings (SSSR count). The van der Waals surface area contributed by atoms with Crippen LogP contribution in [-0.2, 0) is 4.74 Å². The van der Waals surface area contributed by atoms with Crippen LogP contribution in [0.15, 0.2) is 28.7 Å². The van der Waals surface area contributed by atoms with E-state index in [9.17, 15) is 0 Å². The lowest BCUT2D eigenvalue weighted by Crippen LogP contribution is -2.33. The molecule has 0 spiro atoms. The van der Waals surface area contributed by atoms with Gasteiger partial charge in [0, 0.05) is 8.90 Å². The third-order valence-corrected chi connectivity index (χ3v) is 5.41. The topological polar surface area (TPSA) is 9.23 Å². The van der Waals surface area contributed by atoms with Crippen LogP contribution in [0, 0.1) is 11.3 Å². The van der Waals surface area contributed by atoms with Crippen LogP contribution in [-0.4, -0.2) is 10.5 Å².